The van der Waals surface area contributed by atoms with Crippen molar-refractivity contribution in [3.05, 3.63) is 85.3 Å². The summed E-state index contributed by atoms with van der Waals surface area (Å²) in [4.78, 5) is 0. The van der Waals surface area contributed by atoms with E-state index in [-0.39, 0.29) is 0 Å². The van der Waals surface area contributed by atoms with Gasteiger partial charge in [0, 0.05) is 0 Å². The zero-order valence-electron chi connectivity index (χ0n) is 16.1. The van der Waals surface area contributed by atoms with Crippen LogP contribution in [-0.4, -0.2) is 13.6 Å². The predicted molar refractivity (Wildman–Crippen MR) is 119 cm³/mol. The molecule has 27 heavy (non-hydrogen) atoms. The second-order valence-electron chi connectivity index (χ2n) is 7.67. The number of fused-ring (bicyclic) bond motifs is 2. The van der Waals surface area contributed by atoms with Crippen molar-refractivity contribution >= 4 is 36.8 Å². The van der Waals surface area contributed by atoms with Crippen molar-refractivity contribution in [1.29, 1.82) is 0 Å². The van der Waals surface area contributed by atoms with E-state index in [0.717, 1.165) is 0 Å². The molecule has 137 valence electrons. The maximum absolute atomic E-state index is 6.68. The van der Waals surface area contributed by atoms with Crippen molar-refractivity contribution in [3.63, 3.8) is 0 Å². The van der Waals surface area contributed by atoms with Crippen LogP contribution in [0.4, 0.5) is 0 Å². The van der Waals surface area contributed by atoms with E-state index in [4.69, 9.17) is 17.2 Å². The van der Waals surface area contributed by atoms with Crippen molar-refractivity contribution in [1.82, 2.24) is 0 Å². The summed E-state index contributed by atoms with van der Waals surface area (Å²) in [6.45, 7) is 9.40. The Hall–Kier alpha value is -0.543. The van der Waals surface area contributed by atoms with Gasteiger partial charge in [0.15, 0.2) is 0 Å². The van der Waals surface area contributed by atoms with Crippen LogP contribution in [0, 0.1) is 5.92 Å². The van der Waals surface area contributed by atoms with Gasteiger partial charge in [-0.05, 0) is 0 Å². The van der Waals surface area contributed by atoms with Crippen molar-refractivity contribution in [3.8, 4) is 0 Å². The van der Waals surface area contributed by atoms with Gasteiger partial charge < -0.3 is 0 Å². The molecule has 0 nitrogen and oxygen atoms in total. The molecule has 0 saturated carbocycles. The van der Waals surface area contributed by atoms with E-state index in [2.05, 4.69) is 81.6 Å². The van der Waals surface area contributed by atoms with E-state index in [1.807, 2.05) is 0 Å². The van der Waals surface area contributed by atoms with Gasteiger partial charge in [0.2, 0.25) is 0 Å². The van der Waals surface area contributed by atoms with Gasteiger partial charge in [-0.3, -0.25) is 0 Å². The molecule has 0 saturated heterocycles. The van der Waals surface area contributed by atoms with E-state index >= 15 is 0 Å². The number of halogens is 2. The molecule has 3 aliphatic carbocycles. The van der Waals surface area contributed by atoms with E-state index in [0.29, 0.717) is 11.8 Å². The minimum absolute atomic E-state index is 0.308. The third-order valence-corrected chi connectivity index (χ3v) is 14.5. The molecule has 0 N–H and O–H groups in total. The minimum atomic E-state index is -2.76. The number of benzene rings is 1. The Kier molecular flexibility index (Phi) is 5.64. The monoisotopic (exact) mass is 577 g/mol. The first kappa shape index (κ1) is 19.8. The van der Waals surface area contributed by atoms with Gasteiger partial charge in [0.1, 0.15) is 0 Å². The number of allylic oxidation sites excluding steroid dienone is 9. The van der Waals surface area contributed by atoms with Crippen LogP contribution in [0.15, 0.2) is 74.2 Å². The molecule has 0 amide bonds. The van der Waals surface area contributed by atoms with E-state index < -0.39 is 27.5 Å². The molecule has 4 rings (SSSR count). The summed E-state index contributed by atoms with van der Waals surface area (Å²) in [7, 11) is 12.8. The third-order valence-electron chi connectivity index (χ3n) is 5.94. The Morgan fingerprint density at radius 3 is 2.48 bits per heavy atom. The third kappa shape index (κ3) is 3.27. The van der Waals surface area contributed by atoms with Crippen LogP contribution in [0.25, 0.3) is 6.08 Å². The first-order chi connectivity index (χ1) is 12.9. The molecule has 0 heterocycles. The second kappa shape index (κ2) is 7.70. The fourth-order valence-corrected chi connectivity index (χ4v) is 13.2. The van der Waals surface area contributed by atoms with Crippen LogP contribution in [0.3, 0.4) is 0 Å². The van der Waals surface area contributed by atoms with Crippen LogP contribution in [0.2, 0.25) is 13.1 Å². The van der Waals surface area contributed by atoms with Crippen molar-refractivity contribution in [2.24, 2.45) is 5.92 Å². The summed E-state index contributed by atoms with van der Waals surface area (Å²) in [5.41, 5.74) is 8.34. The Morgan fingerprint density at radius 1 is 1.04 bits per heavy atom. The van der Waals surface area contributed by atoms with Crippen LogP contribution in [0.1, 0.15) is 30.9 Å². The molecule has 0 spiro atoms. The van der Waals surface area contributed by atoms with Gasteiger partial charge in [-0.15, -0.1) is 0 Å². The SMILES string of the molecule is CC1=[C]([Hf]([Cl])[Cl])C2=CC=CC(=[Si](C)C)C(C)C2=C1C1C=Cc2ccccc21. The molecule has 1 aromatic carbocycles. The summed E-state index contributed by atoms with van der Waals surface area (Å²) in [6.07, 6.45) is 11.5. The molecule has 2 unspecified atom stereocenters. The molecule has 3 aliphatic rings. The Balaban J connectivity index is 1.98. The number of rotatable bonds is 2. The average molecular weight is 577 g/mol. The molecular weight excluding hydrogens is 554 g/mol. The Bertz CT molecular complexity index is 1000. The fourth-order valence-electron chi connectivity index (χ4n) is 4.75. The molecular formula is C23H23Cl2HfSi. The summed E-state index contributed by atoms with van der Waals surface area (Å²) >= 11 is -2.76. The topological polar surface area (TPSA) is 0 Å². The first-order valence-corrected chi connectivity index (χ1v) is 22.6. The predicted octanol–water partition coefficient (Wildman–Crippen LogP) is 6.95. The van der Waals surface area contributed by atoms with Crippen LogP contribution < -0.4 is 0 Å². The summed E-state index contributed by atoms with van der Waals surface area (Å²) in [6, 6.07) is 8.75. The molecule has 2 atom stereocenters. The molecule has 0 radical (unpaired) electrons. The van der Waals surface area contributed by atoms with E-state index in [1.165, 1.54) is 36.7 Å². The van der Waals surface area contributed by atoms with Crippen LogP contribution >= 0.6 is 17.2 Å². The average Bonchev–Trinajstić information content (AvgIpc) is 3.11. The summed E-state index contributed by atoms with van der Waals surface area (Å²) in [5, 5.41) is 1.58. The van der Waals surface area contributed by atoms with Gasteiger partial charge in [-0.25, -0.2) is 0 Å². The summed E-state index contributed by atoms with van der Waals surface area (Å²) in [5.74, 6) is 0.726. The van der Waals surface area contributed by atoms with Crippen LogP contribution in [-0.2, 0) is 19.1 Å². The maximum atomic E-state index is 6.68. The van der Waals surface area contributed by atoms with Crippen molar-refractivity contribution < 1.29 is 19.1 Å². The number of hydrogen-bond donors (Lipinski definition) is 0. The van der Waals surface area contributed by atoms with Crippen molar-refractivity contribution in [2.75, 3.05) is 0 Å². The first-order valence-electron chi connectivity index (χ1n) is 9.39. The zero-order valence-corrected chi connectivity index (χ0v) is 22.2. The fraction of sp³-hybridized carbons (Fsp3) is 0.261. The Morgan fingerprint density at radius 2 is 1.78 bits per heavy atom. The van der Waals surface area contributed by atoms with Gasteiger partial charge in [-0.1, -0.05) is 0 Å². The van der Waals surface area contributed by atoms with Gasteiger partial charge in [-0.2, -0.15) is 0 Å². The molecule has 4 heteroatoms. The Labute approximate surface area is 178 Å². The zero-order chi connectivity index (χ0) is 19.3. The van der Waals surface area contributed by atoms with Gasteiger partial charge in [0.25, 0.3) is 0 Å². The van der Waals surface area contributed by atoms with Crippen molar-refractivity contribution in [2.45, 2.75) is 32.9 Å². The molecule has 0 fully saturated rings. The molecule has 0 aliphatic heterocycles. The van der Waals surface area contributed by atoms with E-state index in [9.17, 15) is 0 Å². The molecule has 0 bridgehead atoms. The molecule has 1 aromatic rings. The van der Waals surface area contributed by atoms with Crippen LogP contribution in [0.5, 0.6) is 0 Å². The quantitative estimate of drug-likeness (QED) is 0.334. The number of hydrogen-bond acceptors (Lipinski definition) is 0. The summed E-state index contributed by atoms with van der Waals surface area (Å²) < 4.78 is 1.30. The molecule has 0 aromatic heterocycles. The van der Waals surface area contributed by atoms with Gasteiger partial charge >= 0.3 is 180 Å². The van der Waals surface area contributed by atoms with Gasteiger partial charge in [0.05, 0.1) is 0 Å². The standard InChI is InChI=1S/C23H23Si.2ClH.Hf/c1-15-14-18-9-7-11-21(24(3)4)16(2)23(18)22(15)20-13-12-17-8-5-6-10-19(17)20;;;/h5-13,16,20H,1-4H3;2*1H;/q;;;+2/p-2. The second-order valence-corrected chi connectivity index (χ2v) is 21.7. The van der Waals surface area contributed by atoms with E-state index in [1.54, 1.807) is 5.17 Å². The normalized spacial score (nSPS) is 23.5.